The summed E-state index contributed by atoms with van der Waals surface area (Å²) in [6.45, 7) is 5.09. The predicted octanol–water partition coefficient (Wildman–Crippen LogP) is 2.28. The van der Waals surface area contributed by atoms with Gasteiger partial charge in [0.05, 0.1) is 7.11 Å². The lowest BCUT2D eigenvalue weighted by Gasteiger charge is -2.30. The topological polar surface area (TPSA) is 71.5 Å². The number of hydrogen-bond donors (Lipinski definition) is 0. The fraction of sp³-hybridized carbons (Fsp3) is 0.500. The second-order valence-electron chi connectivity index (χ2n) is 6.96. The molecule has 27 heavy (non-hydrogen) atoms. The van der Waals surface area contributed by atoms with E-state index in [2.05, 4.69) is 25.9 Å². The van der Waals surface area contributed by atoms with Crippen LogP contribution >= 0.6 is 0 Å². The number of carbonyl (C=O) groups excluding carboxylic acids is 1. The van der Waals surface area contributed by atoms with Crippen molar-refractivity contribution in [2.75, 3.05) is 20.2 Å². The first-order chi connectivity index (χ1) is 13.2. The van der Waals surface area contributed by atoms with Gasteiger partial charge in [-0.3, -0.25) is 9.69 Å². The maximum Gasteiger partial charge on any atom is 0.219 e. The van der Waals surface area contributed by atoms with Crippen LogP contribution in [0.3, 0.4) is 0 Å². The molecule has 0 unspecified atom stereocenters. The number of amides is 1. The number of rotatable bonds is 6. The Hall–Kier alpha value is -2.54. The second kappa shape index (κ2) is 9.41. The smallest absolute Gasteiger partial charge is 0.219 e. The number of likely N-dealkylation sites (tertiary alicyclic amines) is 1. The van der Waals surface area contributed by atoms with Gasteiger partial charge in [-0.05, 0) is 31.4 Å². The van der Waals surface area contributed by atoms with Crippen molar-refractivity contribution in [1.29, 1.82) is 0 Å². The third-order valence-electron chi connectivity index (χ3n) is 5.02. The van der Waals surface area contributed by atoms with Gasteiger partial charge in [-0.1, -0.05) is 6.07 Å². The summed E-state index contributed by atoms with van der Waals surface area (Å²) in [5.41, 5.74) is 2.15. The zero-order chi connectivity index (χ0) is 19.1. The Morgan fingerprint density at radius 2 is 2.00 bits per heavy atom. The van der Waals surface area contributed by atoms with E-state index in [0.717, 1.165) is 44.5 Å². The van der Waals surface area contributed by atoms with Gasteiger partial charge in [0.15, 0.2) is 0 Å². The molecule has 3 rings (SSSR count). The molecule has 0 saturated carbocycles. The minimum atomic E-state index is 0.108. The molecule has 1 aliphatic rings. The van der Waals surface area contributed by atoms with E-state index in [1.807, 2.05) is 17.2 Å². The summed E-state index contributed by atoms with van der Waals surface area (Å²) < 4.78 is 5.12. The Balaban J connectivity index is 1.59. The SMILES string of the molecule is COc1ccc(CN2CCC[C@@H](N(Cc3cncnc3)C(C)=O)CC2)cn1. The molecule has 0 aromatic carbocycles. The third kappa shape index (κ3) is 5.47. The van der Waals surface area contributed by atoms with E-state index >= 15 is 0 Å². The monoisotopic (exact) mass is 369 g/mol. The lowest BCUT2D eigenvalue weighted by molar-refractivity contribution is -0.132. The molecular formula is C20H27N5O2. The fourth-order valence-electron chi connectivity index (χ4n) is 3.60. The Kier molecular flexibility index (Phi) is 6.70. The van der Waals surface area contributed by atoms with Crippen molar-refractivity contribution in [1.82, 2.24) is 24.8 Å². The molecule has 1 saturated heterocycles. The largest absolute Gasteiger partial charge is 0.481 e. The van der Waals surface area contributed by atoms with E-state index in [1.54, 1.807) is 26.4 Å². The van der Waals surface area contributed by atoms with E-state index in [0.29, 0.717) is 12.4 Å². The van der Waals surface area contributed by atoms with E-state index in [4.69, 9.17) is 4.74 Å². The first-order valence-electron chi connectivity index (χ1n) is 9.38. The molecule has 2 aromatic heterocycles. The second-order valence-corrected chi connectivity index (χ2v) is 6.96. The van der Waals surface area contributed by atoms with Crippen molar-refractivity contribution in [3.63, 3.8) is 0 Å². The highest BCUT2D eigenvalue weighted by Crippen LogP contribution is 2.21. The van der Waals surface area contributed by atoms with E-state index in [9.17, 15) is 4.79 Å². The van der Waals surface area contributed by atoms with Crippen molar-refractivity contribution in [3.8, 4) is 5.88 Å². The van der Waals surface area contributed by atoms with Gasteiger partial charge in [-0.2, -0.15) is 0 Å². The van der Waals surface area contributed by atoms with Gasteiger partial charge in [-0.25, -0.2) is 15.0 Å². The zero-order valence-corrected chi connectivity index (χ0v) is 16.0. The van der Waals surface area contributed by atoms with Crippen LogP contribution in [0, 0.1) is 0 Å². The van der Waals surface area contributed by atoms with E-state index < -0.39 is 0 Å². The van der Waals surface area contributed by atoms with Gasteiger partial charge >= 0.3 is 0 Å². The van der Waals surface area contributed by atoms with Crippen molar-refractivity contribution >= 4 is 5.91 Å². The Labute approximate surface area is 160 Å². The number of aromatic nitrogens is 3. The summed E-state index contributed by atoms with van der Waals surface area (Å²) in [6.07, 6.45) is 10.0. The summed E-state index contributed by atoms with van der Waals surface area (Å²) in [6, 6.07) is 4.21. The number of nitrogens with zero attached hydrogens (tertiary/aromatic N) is 5. The van der Waals surface area contributed by atoms with Crippen molar-refractivity contribution in [3.05, 3.63) is 48.2 Å². The molecule has 0 radical (unpaired) electrons. The highest BCUT2D eigenvalue weighted by molar-refractivity contribution is 5.73. The minimum absolute atomic E-state index is 0.108. The molecule has 1 aliphatic heterocycles. The third-order valence-corrected chi connectivity index (χ3v) is 5.02. The van der Waals surface area contributed by atoms with Crippen LogP contribution in [0.2, 0.25) is 0 Å². The van der Waals surface area contributed by atoms with Crippen LogP contribution in [-0.4, -0.2) is 56.9 Å². The minimum Gasteiger partial charge on any atom is -0.481 e. The lowest BCUT2D eigenvalue weighted by atomic mass is 10.1. The molecule has 1 atom stereocenters. The van der Waals surface area contributed by atoms with Gasteiger partial charge in [0, 0.05) is 62.8 Å². The molecule has 144 valence electrons. The first kappa shape index (κ1) is 19.2. The van der Waals surface area contributed by atoms with Gasteiger partial charge in [0.1, 0.15) is 6.33 Å². The molecule has 2 aromatic rings. The van der Waals surface area contributed by atoms with Crippen LogP contribution in [0.5, 0.6) is 5.88 Å². The van der Waals surface area contributed by atoms with Gasteiger partial charge in [0.25, 0.3) is 0 Å². The normalized spacial score (nSPS) is 17.9. The molecule has 1 fully saturated rings. The van der Waals surface area contributed by atoms with Crippen LogP contribution in [0.1, 0.15) is 37.3 Å². The van der Waals surface area contributed by atoms with Crippen LogP contribution in [0.4, 0.5) is 0 Å². The molecule has 0 spiro atoms. The number of methoxy groups -OCH3 is 1. The first-order valence-corrected chi connectivity index (χ1v) is 9.38. The molecule has 7 nitrogen and oxygen atoms in total. The maximum absolute atomic E-state index is 12.2. The molecule has 3 heterocycles. The molecule has 0 N–H and O–H groups in total. The summed E-state index contributed by atoms with van der Waals surface area (Å²) in [4.78, 5) is 29.1. The lowest BCUT2D eigenvalue weighted by Crippen LogP contribution is -2.39. The van der Waals surface area contributed by atoms with Gasteiger partial charge in [-0.15, -0.1) is 0 Å². The molecule has 0 aliphatic carbocycles. The quantitative estimate of drug-likeness (QED) is 0.778. The summed E-state index contributed by atoms with van der Waals surface area (Å²) >= 11 is 0. The zero-order valence-electron chi connectivity index (χ0n) is 16.0. The average molecular weight is 369 g/mol. The maximum atomic E-state index is 12.2. The van der Waals surface area contributed by atoms with Crippen molar-refractivity contribution < 1.29 is 9.53 Å². The van der Waals surface area contributed by atoms with Crippen LogP contribution in [-0.2, 0) is 17.9 Å². The van der Waals surface area contributed by atoms with Crippen LogP contribution < -0.4 is 4.74 Å². The number of pyridine rings is 1. The Morgan fingerprint density at radius 3 is 2.67 bits per heavy atom. The molecule has 0 bridgehead atoms. The summed E-state index contributed by atoms with van der Waals surface area (Å²) in [5.74, 6) is 0.744. The molecular weight excluding hydrogens is 342 g/mol. The molecule has 1 amide bonds. The van der Waals surface area contributed by atoms with Crippen LogP contribution in [0.25, 0.3) is 0 Å². The number of ether oxygens (including phenoxy) is 1. The number of carbonyl (C=O) groups is 1. The Morgan fingerprint density at radius 1 is 1.19 bits per heavy atom. The standard InChI is InChI=1S/C20H27N5O2/c1-16(26)25(14-18-10-21-15-22-11-18)19-4-3-8-24(9-7-19)13-17-5-6-20(27-2)23-12-17/h5-6,10-12,15,19H,3-4,7-9,13-14H2,1-2H3/t19-/m1/s1. The van der Waals surface area contributed by atoms with Crippen molar-refractivity contribution in [2.45, 2.75) is 45.3 Å². The average Bonchev–Trinajstić information content (AvgIpc) is 2.93. The van der Waals surface area contributed by atoms with E-state index in [-0.39, 0.29) is 11.9 Å². The Bertz CT molecular complexity index is 723. The summed E-state index contributed by atoms with van der Waals surface area (Å²) in [5, 5.41) is 0. The van der Waals surface area contributed by atoms with E-state index in [1.165, 1.54) is 11.9 Å². The van der Waals surface area contributed by atoms with Crippen LogP contribution in [0.15, 0.2) is 37.1 Å². The molecule has 7 heteroatoms. The van der Waals surface area contributed by atoms with Crippen molar-refractivity contribution in [2.24, 2.45) is 0 Å². The van der Waals surface area contributed by atoms with Gasteiger partial charge in [0.2, 0.25) is 11.8 Å². The summed E-state index contributed by atoms with van der Waals surface area (Å²) in [7, 11) is 1.62. The predicted molar refractivity (Wildman–Crippen MR) is 102 cm³/mol. The number of hydrogen-bond acceptors (Lipinski definition) is 6. The van der Waals surface area contributed by atoms with Gasteiger partial charge < -0.3 is 9.64 Å². The fourth-order valence-corrected chi connectivity index (χ4v) is 3.60. The highest BCUT2D eigenvalue weighted by atomic mass is 16.5. The highest BCUT2D eigenvalue weighted by Gasteiger charge is 2.25.